The van der Waals surface area contributed by atoms with Gasteiger partial charge < -0.3 is 5.73 Å². The van der Waals surface area contributed by atoms with Crippen LogP contribution in [0.1, 0.15) is 5.56 Å². The lowest BCUT2D eigenvalue weighted by Crippen LogP contribution is -2.03. The third-order valence-electron chi connectivity index (χ3n) is 3.22. The molecule has 2 aromatic carbocycles. The molecule has 5 nitrogen and oxygen atoms in total. The van der Waals surface area contributed by atoms with Gasteiger partial charge in [0.2, 0.25) is 0 Å². The van der Waals surface area contributed by atoms with Crippen LogP contribution in [0, 0.1) is 12.7 Å². The molecule has 7 heteroatoms. The number of hydrogen-bond donors (Lipinski definition) is 1. The van der Waals surface area contributed by atoms with Crippen molar-refractivity contribution in [3.05, 3.63) is 52.3 Å². The Balaban J connectivity index is 2.20. The molecule has 0 unspecified atom stereocenters. The van der Waals surface area contributed by atoms with Crippen LogP contribution in [0.4, 0.5) is 10.1 Å². The lowest BCUT2D eigenvalue weighted by atomic mass is 10.1. The van der Waals surface area contributed by atoms with E-state index in [4.69, 9.17) is 5.73 Å². The second-order valence-electron chi connectivity index (χ2n) is 4.53. The number of halogens is 2. The Morgan fingerprint density at radius 1 is 1.24 bits per heavy atom. The van der Waals surface area contributed by atoms with Crippen molar-refractivity contribution in [3.8, 4) is 17.1 Å². The summed E-state index contributed by atoms with van der Waals surface area (Å²) in [6.07, 6.45) is 0. The van der Waals surface area contributed by atoms with E-state index >= 15 is 0 Å². The smallest absolute Gasteiger partial charge is 0.187 e. The summed E-state index contributed by atoms with van der Waals surface area (Å²) in [4.78, 5) is 0. The number of tetrazole rings is 1. The van der Waals surface area contributed by atoms with E-state index in [0.717, 1.165) is 11.1 Å². The molecule has 0 saturated carbocycles. The monoisotopic (exact) mass is 347 g/mol. The normalized spacial score (nSPS) is 10.8. The number of benzene rings is 2. The molecule has 0 aliphatic heterocycles. The zero-order chi connectivity index (χ0) is 15.0. The van der Waals surface area contributed by atoms with E-state index in [0.29, 0.717) is 21.7 Å². The first-order valence-electron chi connectivity index (χ1n) is 6.17. The maximum absolute atomic E-state index is 13.2. The van der Waals surface area contributed by atoms with Gasteiger partial charge in [0.05, 0.1) is 5.69 Å². The maximum Gasteiger partial charge on any atom is 0.187 e. The molecule has 0 aliphatic rings. The van der Waals surface area contributed by atoms with Crippen molar-refractivity contribution in [1.29, 1.82) is 0 Å². The Morgan fingerprint density at radius 2 is 2.05 bits per heavy atom. The molecule has 3 aromatic rings. The lowest BCUT2D eigenvalue weighted by molar-refractivity contribution is 0.625. The molecule has 106 valence electrons. The molecule has 21 heavy (non-hydrogen) atoms. The number of hydrogen-bond acceptors (Lipinski definition) is 4. The highest BCUT2D eigenvalue weighted by Gasteiger charge is 2.16. The van der Waals surface area contributed by atoms with Gasteiger partial charge >= 0.3 is 0 Å². The van der Waals surface area contributed by atoms with Crippen LogP contribution in [0.5, 0.6) is 0 Å². The third kappa shape index (κ3) is 2.40. The SMILES string of the molecule is Cc1c(N)cccc1-c1nnnn1-c1ccc(F)cc1Br. The van der Waals surface area contributed by atoms with Crippen molar-refractivity contribution in [2.45, 2.75) is 6.92 Å². The highest BCUT2D eigenvalue weighted by atomic mass is 79.9. The first-order chi connectivity index (χ1) is 10.1. The molecule has 0 aliphatic carbocycles. The summed E-state index contributed by atoms with van der Waals surface area (Å²) in [6.45, 7) is 1.91. The highest BCUT2D eigenvalue weighted by molar-refractivity contribution is 9.10. The molecule has 1 heterocycles. The third-order valence-corrected chi connectivity index (χ3v) is 3.86. The van der Waals surface area contributed by atoms with Crippen LogP contribution >= 0.6 is 15.9 Å². The molecule has 2 N–H and O–H groups in total. The molecule has 0 bridgehead atoms. The Morgan fingerprint density at radius 3 is 2.81 bits per heavy atom. The summed E-state index contributed by atoms with van der Waals surface area (Å²) in [5.41, 5.74) is 8.97. The van der Waals surface area contributed by atoms with Crippen molar-refractivity contribution in [1.82, 2.24) is 20.2 Å². The molecule has 1 aromatic heterocycles. The summed E-state index contributed by atoms with van der Waals surface area (Å²) in [5.74, 6) is 0.215. The molecule has 0 radical (unpaired) electrons. The van der Waals surface area contributed by atoms with Gasteiger partial charge in [-0.3, -0.25) is 0 Å². The van der Waals surface area contributed by atoms with Gasteiger partial charge in [-0.05, 0) is 63.1 Å². The average molecular weight is 348 g/mol. The number of nitrogen functional groups attached to an aromatic ring is 1. The number of aromatic nitrogens is 4. The topological polar surface area (TPSA) is 69.6 Å². The fourth-order valence-electron chi connectivity index (χ4n) is 2.07. The summed E-state index contributed by atoms with van der Waals surface area (Å²) in [5, 5.41) is 11.8. The summed E-state index contributed by atoms with van der Waals surface area (Å²) in [7, 11) is 0. The molecule has 3 rings (SSSR count). The lowest BCUT2D eigenvalue weighted by Gasteiger charge is -2.10. The van der Waals surface area contributed by atoms with Gasteiger partial charge in [-0.2, -0.15) is 4.68 Å². The van der Waals surface area contributed by atoms with E-state index in [-0.39, 0.29) is 5.82 Å². The fraction of sp³-hybridized carbons (Fsp3) is 0.0714. The van der Waals surface area contributed by atoms with Crippen molar-refractivity contribution in [2.75, 3.05) is 5.73 Å². The molecular formula is C14H11BrFN5. The molecule has 0 amide bonds. The van der Waals surface area contributed by atoms with E-state index < -0.39 is 0 Å². The van der Waals surface area contributed by atoms with Crippen molar-refractivity contribution >= 4 is 21.6 Å². The average Bonchev–Trinajstić information content (AvgIpc) is 2.91. The van der Waals surface area contributed by atoms with E-state index in [2.05, 4.69) is 31.5 Å². The predicted octanol–water partition coefficient (Wildman–Crippen LogP) is 3.12. The van der Waals surface area contributed by atoms with Gasteiger partial charge in [-0.15, -0.1) is 5.10 Å². The largest absolute Gasteiger partial charge is 0.398 e. The Kier molecular flexibility index (Phi) is 3.42. The quantitative estimate of drug-likeness (QED) is 0.723. The molecule has 0 saturated heterocycles. The van der Waals surface area contributed by atoms with Crippen molar-refractivity contribution < 1.29 is 4.39 Å². The maximum atomic E-state index is 13.2. The number of rotatable bonds is 2. The van der Waals surface area contributed by atoms with Gasteiger partial charge in [0.15, 0.2) is 5.82 Å². The van der Waals surface area contributed by atoms with Crippen LogP contribution in [-0.2, 0) is 0 Å². The van der Waals surface area contributed by atoms with E-state index in [1.165, 1.54) is 12.1 Å². The van der Waals surface area contributed by atoms with E-state index in [1.807, 2.05) is 25.1 Å². The second-order valence-corrected chi connectivity index (χ2v) is 5.38. The number of nitrogens with zero attached hydrogens (tertiary/aromatic N) is 4. The zero-order valence-electron chi connectivity index (χ0n) is 11.1. The standard InChI is InChI=1S/C14H11BrFN5/c1-8-10(3-2-4-12(8)17)14-18-19-20-21(14)13-6-5-9(16)7-11(13)15/h2-7H,17H2,1H3. The predicted molar refractivity (Wildman–Crippen MR) is 81.4 cm³/mol. The van der Waals surface area contributed by atoms with E-state index in [9.17, 15) is 4.39 Å². The van der Waals surface area contributed by atoms with Gasteiger partial charge in [0, 0.05) is 15.7 Å². The molecule has 0 spiro atoms. The molecular weight excluding hydrogens is 337 g/mol. The van der Waals surface area contributed by atoms with Crippen LogP contribution in [0.15, 0.2) is 40.9 Å². The zero-order valence-corrected chi connectivity index (χ0v) is 12.7. The fourth-order valence-corrected chi connectivity index (χ4v) is 2.58. The minimum absolute atomic E-state index is 0.333. The Bertz CT molecular complexity index is 815. The van der Waals surface area contributed by atoms with Crippen LogP contribution in [-0.4, -0.2) is 20.2 Å². The van der Waals surface area contributed by atoms with Gasteiger partial charge in [-0.1, -0.05) is 12.1 Å². The summed E-state index contributed by atoms with van der Waals surface area (Å²) < 4.78 is 15.3. The van der Waals surface area contributed by atoms with Gasteiger partial charge in [-0.25, -0.2) is 4.39 Å². The number of anilines is 1. The number of nitrogens with two attached hydrogens (primary N) is 1. The minimum Gasteiger partial charge on any atom is -0.398 e. The van der Waals surface area contributed by atoms with E-state index in [1.54, 1.807) is 10.7 Å². The van der Waals surface area contributed by atoms with Crippen LogP contribution in [0.25, 0.3) is 17.1 Å². The molecule has 0 atom stereocenters. The summed E-state index contributed by atoms with van der Waals surface area (Å²) >= 11 is 3.33. The molecule has 0 fully saturated rings. The minimum atomic E-state index is -0.333. The van der Waals surface area contributed by atoms with Gasteiger partial charge in [0.1, 0.15) is 5.82 Å². The van der Waals surface area contributed by atoms with Crippen LogP contribution in [0.2, 0.25) is 0 Å². The van der Waals surface area contributed by atoms with Crippen LogP contribution < -0.4 is 5.73 Å². The Hall–Kier alpha value is -2.28. The van der Waals surface area contributed by atoms with Crippen molar-refractivity contribution in [2.24, 2.45) is 0 Å². The highest BCUT2D eigenvalue weighted by Crippen LogP contribution is 2.29. The first-order valence-corrected chi connectivity index (χ1v) is 6.96. The Labute approximate surface area is 128 Å². The first kappa shape index (κ1) is 13.7. The summed E-state index contributed by atoms with van der Waals surface area (Å²) in [6, 6.07) is 9.90. The second kappa shape index (κ2) is 5.25. The van der Waals surface area contributed by atoms with Crippen molar-refractivity contribution in [3.63, 3.8) is 0 Å². The van der Waals surface area contributed by atoms with Crippen LogP contribution in [0.3, 0.4) is 0 Å². The van der Waals surface area contributed by atoms with Gasteiger partial charge in [0.25, 0.3) is 0 Å².